The van der Waals surface area contributed by atoms with Crippen LogP contribution in [0.2, 0.25) is 0 Å². The van der Waals surface area contributed by atoms with E-state index in [2.05, 4.69) is 15.8 Å². The minimum atomic E-state index is -0.103. The Balaban J connectivity index is 1.34. The van der Waals surface area contributed by atoms with Crippen LogP contribution in [0.5, 0.6) is 0 Å². The van der Waals surface area contributed by atoms with Crippen molar-refractivity contribution in [3.63, 3.8) is 0 Å². The van der Waals surface area contributed by atoms with Gasteiger partial charge in [-0.15, -0.1) is 0 Å². The van der Waals surface area contributed by atoms with Gasteiger partial charge in [0, 0.05) is 37.7 Å². The first kappa shape index (κ1) is 20.2. The van der Waals surface area contributed by atoms with E-state index in [1.165, 1.54) is 25.7 Å². The predicted octanol–water partition coefficient (Wildman–Crippen LogP) is 3.53. The lowest BCUT2D eigenvalue weighted by atomic mass is 10.1. The van der Waals surface area contributed by atoms with E-state index in [1.54, 1.807) is 4.90 Å². The van der Waals surface area contributed by atoms with Crippen molar-refractivity contribution in [2.75, 3.05) is 25.0 Å². The molecule has 0 bridgehead atoms. The van der Waals surface area contributed by atoms with Crippen molar-refractivity contribution >= 4 is 23.3 Å². The number of nitrogens with zero attached hydrogens (tertiary/aromatic N) is 2. The number of anilines is 1. The molecular weight excluding hydrogens is 356 g/mol. The topological polar surface area (TPSA) is 83.0 Å². The van der Waals surface area contributed by atoms with Crippen molar-refractivity contribution in [1.29, 1.82) is 0 Å². The van der Waals surface area contributed by atoms with Crippen LogP contribution in [0.25, 0.3) is 0 Å². The number of urea groups is 1. The maximum Gasteiger partial charge on any atom is 0.321 e. The molecule has 7 heteroatoms. The summed E-state index contributed by atoms with van der Waals surface area (Å²) in [4.78, 5) is 31.3. The molecule has 152 valence electrons. The third-order valence-corrected chi connectivity index (χ3v) is 5.26. The van der Waals surface area contributed by atoms with E-state index in [0.29, 0.717) is 25.9 Å². The molecule has 1 aliphatic heterocycles. The van der Waals surface area contributed by atoms with Gasteiger partial charge in [-0.3, -0.25) is 4.79 Å². The van der Waals surface area contributed by atoms with Crippen molar-refractivity contribution < 1.29 is 14.4 Å². The normalized spacial score (nSPS) is 18.1. The molecular formula is C21H30N4O3. The van der Waals surface area contributed by atoms with Crippen LogP contribution in [-0.2, 0) is 9.63 Å². The second-order valence-electron chi connectivity index (χ2n) is 7.47. The number of oxime groups is 1. The van der Waals surface area contributed by atoms with Gasteiger partial charge in [0.15, 0.2) is 6.61 Å². The number of hydrogen-bond acceptors (Lipinski definition) is 4. The van der Waals surface area contributed by atoms with Gasteiger partial charge >= 0.3 is 6.03 Å². The molecule has 1 saturated carbocycles. The maximum atomic E-state index is 12.3. The average Bonchev–Trinajstić information content (AvgIpc) is 2.98. The second kappa shape index (κ2) is 10.7. The van der Waals surface area contributed by atoms with E-state index >= 15 is 0 Å². The lowest BCUT2D eigenvalue weighted by Crippen LogP contribution is -2.41. The number of piperidine rings is 1. The van der Waals surface area contributed by atoms with Gasteiger partial charge in [0.1, 0.15) is 0 Å². The number of amides is 3. The monoisotopic (exact) mass is 386 g/mol. The highest BCUT2D eigenvalue weighted by atomic mass is 16.6. The van der Waals surface area contributed by atoms with Crippen LogP contribution < -0.4 is 10.6 Å². The second-order valence-corrected chi connectivity index (χ2v) is 7.47. The molecule has 3 rings (SSSR count). The molecule has 28 heavy (non-hydrogen) atoms. The number of benzene rings is 1. The van der Waals surface area contributed by atoms with Crippen molar-refractivity contribution in [3.8, 4) is 0 Å². The van der Waals surface area contributed by atoms with Gasteiger partial charge in [0.25, 0.3) is 5.91 Å². The van der Waals surface area contributed by atoms with E-state index in [4.69, 9.17) is 4.84 Å². The van der Waals surface area contributed by atoms with E-state index in [9.17, 15) is 9.59 Å². The van der Waals surface area contributed by atoms with E-state index in [-0.39, 0.29) is 24.6 Å². The number of likely N-dealkylation sites (tertiary alicyclic amines) is 1. The Labute approximate surface area is 166 Å². The fraction of sp³-hybridized carbons (Fsp3) is 0.571. The summed E-state index contributed by atoms with van der Waals surface area (Å²) in [6.07, 6.45) is 8.32. The highest BCUT2D eigenvalue weighted by Crippen LogP contribution is 2.17. The fourth-order valence-electron chi connectivity index (χ4n) is 3.66. The molecule has 0 aromatic heterocycles. The van der Waals surface area contributed by atoms with Crippen LogP contribution in [0.15, 0.2) is 35.5 Å². The summed E-state index contributed by atoms with van der Waals surface area (Å²) in [5.41, 5.74) is 1.68. The number of rotatable bonds is 5. The zero-order valence-electron chi connectivity index (χ0n) is 16.4. The Morgan fingerprint density at radius 2 is 1.71 bits per heavy atom. The largest absolute Gasteiger partial charge is 0.386 e. The molecule has 0 radical (unpaired) electrons. The van der Waals surface area contributed by atoms with Crippen molar-refractivity contribution in [3.05, 3.63) is 30.3 Å². The van der Waals surface area contributed by atoms with Gasteiger partial charge in [0.05, 0.1) is 5.71 Å². The van der Waals surface area contributed by atoms with Crippen LogP contribution in [0.3, 0.4) is 0 Å². The summed E-state index contributed by atoms with van der Waals surface area (Å²) >= 11 is 0. The molecule has 1 saturated heterocycles. The highest BCUT2D eigenvalue weighted by molar-refractivity contribution is 5.92. The minimum Gasteiger partial charge on any atom is -0.386 e. The molecule has 2 aliphatic rings. The number of hydrogen-bond donors (Lipinski definition) is 2. The number of nitrogens with one attached hydrogen (secondary N) is 2. The zero-order valence-corrected chi connectivity index (χ0v) is 16.4. The Morgan fingerprint density at radius 1 is 1.04 bits per heavy atom. The van der Waals surface area contributed by atoms with Gasteiger partial charge in [-0.25, -0.2) is 4.79 Å². The standard InChI is InChI=1S/C21H30N4O3/c26-20(22-17-8-4-1-2-5-9-17)16-28-24-19-12-14-25(15-13-19)21(27)23-18-10-6-3-7-11-18/h3,6-7,10-11,17H,1-2,4-5,8-9,12-16H2,(H,22,26)(H,23,27). The Bertz CT molecular complexity index is 659. The third kappa shape index (κ3) is 6.55. The van der Waals surface area contributed by atoms with Crippen LogP contribution in [0.1, 0.15) is 51.4 Å². The molecule has 1 aromatic carbocycles. The number of carbonyl (C=O) groups is 2. The molecule has 3 amide bonds. The summed E-state index contributed by atoms with van der Waals surface area (Å²) in [5.74, 6) is -0.101. The van der Waals surface area contributed by atoms with Crippen molar-refractivity contribution in [2.24, 2.45) is 5.16 Å². The Morgan fingerprint density at radius 3 is 2.39 bits per heavy atom. The van der Waals surface area contributed by atoms with Gasteiger partial charge in [-0.2, -0.15) is 0 Å². The predicted molar refractivity (Wildman–Crippen MR) is 109 cm³/mol. The van der Waals surface area contributed by atoms with E-state index in [1.807, 2.05) is 30.3 Å². The molecule has 1 aliphatic carbocycles. The van der Waals surface area contributed by atoms with Crippen molar-refractivity contribution in [2.45, 2.75) is 57.4 Å². The number of para-hydroxylation sites is 1. The summed E-state index contributed by atoms with van der Waals surface area (Å²) in [5, 5.41) is 10.0. The first-order valence-corrected chi connectivity index (χ1v) is 10.3. The average molecular weight is 386 g/mol. The molecule has 0 atom stereocenters. The Kier molecular flexibility index (Phi) is 7.70. The molecule has 7 nitrogen and oxygen atoms in total. The maximum absolute atomic E-state index is 12.3. The van der Waals surface area contributed by atoms with E-state index in [0.717, 1.165) is 24.2 Å². The zero-order chi connectivity index (χ0) is 19.6. The Hall–Kier alpha value is -2.57. The summed E-state index contributed by atoms with van der Waals surface area (Å²) < 4.78 is 0. The highest BCUT2D eigenvalue weighted by Gasteiger charge is 2.20. The minimum absolute atomic E-state index is 0.0434. The third-order valence-electron chi connectivity index (χ3n) is 5.26. The van der Waals surface area contributed by atoms with Crippen molar-refractivity contribution in [1.82, 2.24) is 10.2 Å². The fourth-order valence-corrected chi connectivity index (χ4v) is 3.66. The van der Waals surface area contributed by atoms with Crippen LogP contribution in [0, 0.1) is 0 Å². The molecule has 0 spiro atoms. The SMILES string of the molecule is O=C(CON=C1CCN(C(=O)Nc2ccccc2)CC1)NC1CCCCCC1. The molecule has 2 fully saturated rings. The van der Waals surface area contributed by atoms with Crippen LogP contribution in [0.4, 0.5) is 10.5 Å². The first-order valence-electron chi connectivity index (χ1n) is 10.3. The van der Waals surface area contributed by atoms with Gasteiger partial charge in [-0.1, -0.05) is 49.0 Å². The summed E-state index contributed by atoms with van der Waals surface area (Å²) in [6, 6.07) is 9.59. The van der Waals surface area contributed by atoms with Crippen LogP contribution in [-0.4, -0.2) is 48.3 Å². The number of carbonyl (C=O) groups excluding carboxylic acids is 2. The summed E-state index contributed by atoms with van der Waals surface area (Å²) in [6.45, 7) is 1.14. The van der Waals surface area contributed by atoms with Crippen LogP contribution >= 0.6 is 0 Å². The molecule has 1 aromatic rings. The summed E-state index contributed by atoms with van der Waals surface area (Å²) in [7, 11) is 0. The lowest BCUT2D eigenvalue weighted by Gasteiger charge is -2.27. The quantitative estimate of drug-likeness (QED) is 0.600. The molecule has 2 N–H and O–H groups in total. The van der Waals surface area contributed by atoms with E-state index < -0.39 is 0 Å². The molecule has 1 heterocycles. The molecule has 0 unspecified atom stereocenters. The smallest absolute Gasteiger partial charge is 0.321 e. The van der Waals surface area contributed by atoms with Gasteiger partial charge < -0.3 is 20.4 Å². The first-order chi connectivity index (χ1) is 13.7. The van der Waals surface area contributed by atoms with Gasteiger partial charge in [0.2, 0.25) is 0 Å². The lowest BCUT2D eigenvalue weighted by molar-refractivity contribution is -0.126. The van der Waals surface area contributed by atoms with Gasteiger partial charge in [-0.05, 0) is 25.0 Å².